The largest absolute Gasteiger partial charge is 0.447 e. The van der Waals surface area contributed by atoms with Gasteiger partial charge in [0.05, 0.1) is 24.1 Å². The Morgan fingerprint density at radius 3 is 2.45 bits per heavy atom. The minimum absolute atomic E-state index is 0.0157. The smallest absolute Gasteiger partial charge is 0.415 e. The number of ether oxygens (including phenoxy) is 1. The highest BCUT2D eigenvalue weighted by Crippen LogP contribution is 2.28. The van der Waals surface area contributed by atoms with Crippen LogP contribution < -0.4 is 4.90 Å². The standard InChI is InChI=1S/C16H24N4O2/c1-11(2)19-6-4-13(5-7-19)14-8-18-15(9-17-14)20-12(3)10-22-16(20)21/h8-9,11-13H,4-7,10H2,1-3H3/t12-/m0/s1. The maximum absolute atomic E-state index is 11.7. The second-order valence-electron chi connectivity index (χ2n) is 6.50. The van der Waals surface area contributed by atoms with Crippen LogP contribution in [0.4, 0.5) is 10.6 Å². The topological polar surface area (TPSA) is 58.6 Å². The van der Waals surface area contributed by atoms with Gasteiger partial charge in [-0.1, -0.05) is 0 Å². The Hall–Kier alpha value is -1.69. The first-order valence-electron chi connectivity index (χ1n) is 8.08. The van der Waals surface area contributed by atoms with Gasteiger partial charge in [-0.2, -0.15) is 0 Å². The van der Waals surface area contributed by atoms with Gasteiger partial charge in [0.2, 0.25) is 0 Å². The molecule has 2 aliphatic rings. The first kappa shape index (κ1) is 15.2. The molecule has 2 fully saturated rings. The molecule has 1 aromatic heterocycles. The molecule has 2 saturated heterocycles. The second kappa shape index (κ2) is 6.20. The minimum Gasteiger partial charge on any atom is -0.447 e. The zero-order valence-electron chi connectivity index (χ0n) is 13.5. The predicted molar refractivity (Wildman–Crippen MR) is 84.0 cm³/mol. The van der Waals surface area contributed by atoms with Crippen LogP contribution in [-0.2, 0) is 4.74 Å². The fourth-order valence-corrected chi connectivity index (χ4v) is 3.21. The van der Waals surface area contributed by atoms with Crippen molar-refractivity contribution in [1.29, 1.82) is 0 Å². The zero-order valence-corrected chi connectivity index (χ0v) is 13.5. The highest BCUT2D eigenvalue weighted by atomic mass is 16.6. The minimum atomic E-state index is -0.334. The number of hydrogen-bond donors (Lipinski definition) is 0. The van der Waals surface area contributed by atoms with Crippen molar-refractivity contribution in [2.75, 3.05) is 24.6 Å². The van der Waals surface area contributed by atoms with Crippen molar-refractivity contribution in [3.8, 4) is 0 Å². The van der Waals surface area contributed by atoms with E-state index in [2.05, 4.69) is 28.7 Å². The highest BCUT2D eigenvalue weighted by molar-refractivity contribution is 5.88. The number of carbonyl (C=O) groups is 1. The lowest BCUT2D eigenvalue weighted by Crippen LogP contribution is -2.38. The molecule has 6 heteroatoms. The quantitative estimate of drug-likeness (QED) is 0.858. The summed E-state index contributed by atoms with van der Waals surface area (Å²) in [6, 6.07) is 0.624. The normalized spacial score (nSPS) is 24.1. The number of aromatic nitrogens is 2. The number of piperidine rings is 1. The summed E-state index contributed by atoms with van der Waals surface area (Å²) in [5.41, 5.74) is 1.03. The lowest BCUT2D eigenvalue weighted by atomic mass is 9.93. The van der Waals surface area contributed by atoms with Crippen molar-refractivity contribution in [3.63, 3.8) is 0 Å². The highest BCUT2D eigenvalue weighted by Gasteiger charge is 2.32. The molecule has 0 unspecified atom stereocenters. The summed E-state index contributed by atoms with van der Waals surface area (Å²) in [7, 11) is 0. The van der Waals surface area contributed by atoms with Gasteiger partial charge in [0, 0.05) is 12.0 Å². The Bertz CT molecular complexity index is 523. The maximum atomic E-state index is 11.7. The number of likely N-dealkylation sites (tertiary alicyclic amines) is 1. The van der Waals surface area contributed by atoms with Gasteiger partial charge in [-0.15, -0.1) is 0 Å². The molecule has 0 saturated carbocycles. The first-order chi connectivity index (χ1) is 10.6. The number of hydrogen-bond acceptors (Lipinski definition) is 5. The van der Waals surface area contributed by atoms with Crippen LogP contribution in [0, 0.1) is 0 Å². The first-order valence-corrected chi connectivity index (χ1v) is 8.08. The Labute approximate surface area is 131 Å². The average Bonchev–Trinajstić information content (AvgIpc) is 2.86. The molecule has 0 bridgehead atoms. The fraction of sp³-hybridized carbons (Fsp3) is 0.688. The zero-order chi connectivity index (χ0) is 15.7. The van der Waals surface area contributed by atoms with Gasteiger partial charge in [0.25, 0.3) is 0 Å². The molecule has 22 heavy (non-hydrogen) atoms. The van der Waals surface area contributed by atoms with Crippen LogP contribution in [0.25, 0.3) is 0 Å². The van der Waals surface area contributed by atoms with Gasteiger partial charge in [-0.05, 0) is 46.7 Å². The number of anilines is 1. The van der Waals surface area contributed by atoms with E-state index in [1.54, 1.807) is 11.1 Å². The van der Waals surface area contributed by atoms with E-state index >= 15 is 0 Å². The van der Waals surface area contributed by atoms with E-state index in [-0.39, 0.29) is 12.1 Å². The van der Waals surface area contributed by atoms with Crippen LogP contribution in [0.3, 0.4) is 0 Å². The Morgan fingerprint density at radius 2 is 1.95 bits per heavy atom. The summed E-state index contributed by atoms with van der Waals surface area (Å²) >= 11 is 0. The average molecular weight is 304 g/mol. The molecule has 0 aromatic carbocycles. The van der Waals surface area contributed by atoms with Crippen LogP contribution in [0.2, 0.25) is 0 Å². The fourth-order valence-electron chi connectivity index (χ4n) is 3.21. The van der Waals surface area contributed by atoms with E-state index in [0.29, 0.717) is 24.4 Å². The number of cyclic esters (lactones) is 1. The lowest BCUT2D eigenvalue weighted by Gasteiger charge is -2.34. The SMILES string of the molecule is CC(C)N1CCC(c2cnc(N3C(=O)OC[C@@H]3C)cn2)CC1. The summed E-state index contributed by atoms with van der Waals surface area (Å²) in [6.45, 7) is 9.07. The van der Waals surface area contributed by atoms with E-state index in [9.17, 15) is 4.79 Å². The molecule has 0 spiro atoms. The molecule has 120 valence electrons. The summed E-state index contributed by atoms with van der Waals surface area (Å²) in [5, 5.41) is 0. The van der Waals surface area contributed by atoms with Crippen molar-refractivity contribution in [1.82, 2.24) is 14.9 Å². The third kappa shape index (κ3) is 2.92. The van der Waals surface area contributed by atoms with E-state index in [1.807, 2.05) is 13.1 Å². The van der Waals surface area contributed by atoms with Crippen molar-refractivity contribution in [3.05, 3.63) is 18.1 Å². The van der Waals surface area contributed by atoms with Gasteiger partial charge in [-0.25, -0.2) is 9.78 Å². The molecule has 6 nitrogen and oxygen atoms in total. The van der Waals surface area contributed by atoms with E-state index in [1.165, 1.54) is 0 Å². The second-order valence-corrected chi connectivity index (χ2v) is 6.50. The third-order valence-electron chi connectivity index (χ3n) is 4.67. The van der Waals surface area contributed by atoms with Gasteiger partial charge >= 0.3 is 6.09 Å². The molecule has 3 rings (SSSR count). The maximum Gasteiger partial charge on any atom is 0.415 e. The van der Waals surface area contributed by atoms with Crippen LogP contribution in [-0.4, -0.2) is 52.7 Å². The monoisotopic (exact) mass is 304 g/mol. The molecule has 1 amide bonds. The summed E-state index contributed by atoms with van der Waals surface area (Å²) in [5.74, 6) is 1.05. The molecule has 1 aromatic rings. The molecular weight excluding hydrogens is 280 g/mol. The molecule has 0 N–H and O–H groups in total. The predicted octanol–water partition coefficient (Wildman–Crippen LogP) is 2.41. The van der Waals surface area contributed by atoms with Gasteiger partial charge < -0.3 is 9.64 Å². The van der Waals surface area contributed by atoms with Crippen molar-refractivity contribution < 1.29 is 9.53 Å². The van der Waals surface area contributed by atoms with E-state index < -0.39 is 0 Å². The number of carbonyl (C=O) groups excluding carboxylic acids is 1. The third-order valence-corrected chi connectivity index (χ3v) is 4.67. The summed E-state index contributed by atoms with van der Waals surface area (Å²) in [4.78, 5) is 24.8. The molecule has 1 atom stereocenters. The number of amides is 1. The van der Waals surface area contributed by atoms with Crippen LogP contribution in [0.15, 0.2) is 12.4 Å². The van der Waals surface area contributed by atoms with Gasteiger partial charge in [-0.3, -0.25) is 9.88 Å². The lowest BCUT2D eigenvalue weighted by molar-refractivity contribution is 0.170. The molecular formula is C16H24N4O2. The molecule has 0 radical (unpaired) electrons. The Kier molecular flexibility index (Phi) is 4.29. The van der Waals surface area contributed by atoms with Crippen LogP contribution >= 0.6 is 0 Å². The van der Waals surface area contributed by atoms with Crippen molar-refractivity contribution in [2.24, 2.45) is 0 Å². The summed E-state index contributed by atoms with van der Waals surface area (Å²) in [6.07, 6.45) is 5.43. The van der Waals surface area contributed by atoms with Gasteiger partial charge in [0.1, 0.15) is 6.61 Å². The number of nitrogens with zero attached hydrogens (tertiary/aromatic N) is 4. The van der Waals surface area contributed by atoms with Crippen molar-refractivity contribution >= 4 is 11.9 Å². The Balaban J connectivity index is 1.66. The van der Waals surface area contributed by atoms with E-state index in [4.69, 9.17) is 4.74 Å². The van der Waals surface area contributed by atoms with Gasteiger partial charge in [0.15, 0.2) is 5.82 Å². The van der Waals surface area contributed by atoms with Crippen molar-refractivity contribution in [2.45, 2.75) is 51.6 Å². The molecule has 0 aliphatic carbocycles. The number of rotatable bonds is 3. The molecule has 3 heterocycles. The van der Waals surface area contributed by atoms with Crippen LogP contribution in [0.1, 0.15) is 45.2 Å². The van der Waals surface area contributed by atoms with E-state index in [0.717, 1.165) is 31.6 Å². The Morgan fingerprint density at radius 1 is 1.23 bits per heavy atom. The van der Waals surface area contributed by atoms with Crippen LogP contribution in [0.5, 0.6) is 0 Å². The molecule has 2 aliphatic heterocycles. The summed E-state index contributed by atoms with van der Waals surface area (Å²) < 4.78 is 5.03.